The van der Waals surface area contributed by atoms with E-state index in [2.05, 4.69) is 15.5 Å². The van der Waals surface area contributed by atoms with E-state index in [4.69, 9.17) is 10.6 Å². The molecule has 0 saturated carbocycles. The first-order chi connectivity index (χ1) is 18.3. The third kappa shape index (κ3) is 9.82. The number of imide groups is 1. The second kappa shape index (κ2) is 14.0. The van der Waals surface area contributed by atoms with Gasteiger partial charge in [0, 0.05) is 18.5 Å². The second-order valence-electron chi connectivity index (χ2n) is 9.83. The molecule has 3 amide bonds. The number of unbranched alkanes of at least 4 members (excludes halogenated alkanes) is 2. The number of carboxylic acids is 1. The van der Waals surface area contributed by atoms with Gasteiger partial charge in [-0.2, -0.15) is 10.1 Å². The van der Waals surface area contributed by atoms with Gasteiger partial charge in [0.25, 0.3) is 0 Å². The molecule has 12 heteroatoms. The highest BCUT2D eigenvalue weighted by Crippen LogP contribution is 2.31. The van der Waals surface area contributed by atoms with Crippen molar-refractivity contribution < 1.29 is 34.1 Å². The molecule has 0 aromatic heterocycles. The minimum Gasteiger partial charge on any atom is -0.508 e. The van der Waals surface area contributed by atoms with Gasteiger partial charge in [-0.05, 0) is 70.9 Å². The molecule has 0 aliphatic carbocycles. The monoisotopic (exact) mass is 541 g/mol. The summed E-state index contributed by atoms with van der Waals surface area (Å²) in [5.74, 6) is 2.74. The van der Waals surface area contributed by atoms with Crippen LogP contribution in [0.4, 0.5) is 16.2 Å². The average molecular weight is 542 g/mol. The Kier molecular flexibility index (Phi) is 11.1. The van der Waals surface area contributed by atoms with Crippen LogP contribution in [0.25, 0.3) is 0 Å². The van der Waals surface area contributed by atoms with Crippen molar-refractivity contribution in [3.63, 3.8) is 0 Å². The molecule has 0 heterocycles. The molecule has 1 atom stereocenters. The van der Waals surface area contributed by atoms with Gasteiger partial charge in [-0.15, -0.1) is 5.11 Å². The van der Waals surface area contributed by atoms with Crippen LogP contribution < -0.4 is 11.2 Å². The highest BCUT2D eigenvalue weighted by molar-refractivity contribution is 5.93. The van der Waals surface area contributed by atoms with E-state index < -0.39 is 29.5 Å². The quantitative estimate of drug-likeness (QED) is 0.101. The molecule has 12 nitrogen and oxygen atoms in total. The number of benzene rings is 2. The molecule has 0 bridgehead atoms. The molecule has 0 aliphatic rings. The summed E-state index contributed by atoms with van der Waals surface area (Å²) in [5.41, 5.74) is 0.0940. The van der Waals surface area contributed by atoms with Crippen molar-refractivity contribution in [2.45, 2.75) is 64.9 Å². The van der Waals surface area contributed by atoms with Gasteiger partial charge in [0.05, 0.1) is 17.2 Å². The summed E-state index contributed by atoms with van der Waals surface area (Å²) < 4.78 is 5.06. The molecule has 0 fully saturated rings. The summed E-state index contributed by atoms with van der Waals surface area (Å²) in [6.45, 7) is 7.00. The molecular formula is C27H35N5O7. The topological polar surface area (TPSA) is 184 Å². The van der Waals surface area contributed by atoms with Crippen molar-refractivity contribution in [3.8, 4) is 5.75 Å². The van der Waals surface area contributed by atoms with Crippen LogP contribution in [-0.2, 0) is 14.3 Å². The number of hydrogen-bond donors (Lipinski definition) is 4. The van der Waals surface area contributed by atoms with E-state index in [0.29, 0.717) is 42.1 Å². The van der Waals surface area contributed by atoms with Crippen LogP contribution in [0.3, 0.4) is 0 Å². The fraction of sp³-hybridized carbons (Fsp3) is 0.407. The van der Waals surface area contributed by atoms with Crippen LogP contribution >= 0.6 is 0 Å². The van der Waals surface area contributed by atoms with E-state index in [1.165, 1.54) is 30.3 Å². The minimum atomic E-state index is -1.13. The number of carboxylic acid groups (broad SMARTS) is 1. The Morgan fingerprint density at radius 1 is 1.05 bits per heavy atom. The lowest BCUT2D eigenvalue weighted by Gasteiger charge is -2.23. The van der Waals surface area contributed by atoms with E-state index in [-0.39, 0.29) is 29.3 Å². The number of azo groups is 1. The van der Waals surface area contributed by atoms with Gasteiger partial charge in [0.2, 0.25) is 11.8 Å². The van der Waals surface area contributed by atoms with Gasteiger partial charge < -0.3 is 20.3 Å². The maximum atomic E-state index is 12.7. The number of hydrogen-bond acceptors (Lipinski definition) is 9. The smallest absolute Gasteiger partial charge is 0.431 e. The lowest BCUT2D eigenvalue weighted by molar-refractivity contribution is -0.130. The third-order valence-corrected chi connectivity index (χ3v) is 5.50. The maximum absolute atomic E-state index is 12.7. The number of phenols is 1. The molecule has 2 aromatic rings. The summed E-state index contributed by atoms with van der Waals surface area (Å²) in [7, 11) is 0. The number of carbonyl (C=O) groups excluding carboxylic acids is 3. The Morgan fingerprint density at radius 2 is 1.74 bits per heavy atom. The lowest BCUT2D eigenvalue weighted by atomic mass is 9.98. The summed E-state index contributed by atoms with van der Waals surface area (Å²) >= 11 is 0. The average Bonchev–Trinajstić information content (AvgIpc) is 2.88. The predicted molar refractivity (Wildman–Crippen MR) is 143 cm³/mol. The van der Waals surface area contributed by atoms with Gasteiger partial charge in [0.15, 0.2) is 0 Å². The van der Waals surface area contributed by atoms with Crippen LogP contribution in [0, 0.1) is 0 Å². The van der Waals surface area contributed by atoms with E-state index in [1.54, 1.807) is 39.8 Å². The van der Waals surface area contributed by atoms with Crippen LogP contribution in [0.2, 0.25) is 0 Å². The molecule has 210 valence electrons. The Bertz CT molecular complexity index is 1220. The first-order valence-electron chi connectivity index (χ1n) is 12.5. The number of nitrogens with two attached hydrogens (primary N) is 1. The van der Waals surface area contributed by atoms with Crippen molar-refractivity contribution in [3.05, 3.63) is 53.6 Å². The number of phenolic OH excluding ortho intramolecular Hbond substituents is 1. The number of rotatable bonds is 11. The van der Waals surface area contributed by atoms with Crippen molar-refractivity contribution in [2.24, 2.45) is 16.1 Å². The first-order valence-corrected chi connectivity index (χ1v) is 12.5. The fourth-order valence-corrected chi connectivity index (χ4v) is 3.42. The maximum Gasteiger partial charge on any atom is 0.431 e. The highest BCUT2D eigenvalue weighted by atomic mass is 16.6. The molecular weight excluding hydrogens is 506 g/mol. The van der Waals surface area contributed by atoms with Crippen molar-refractivity contribution in [1.82, 2.24) is 10.3 Å². The van der Waals surface area contributed by atoms with Crippen LogP contribution in [0.5, 0.6) is 5.75 Å². The summed E-state index contributed by atoms with van der Waals surface area (Å²) in [5, 5.41) is 30.9. The molecule has 0 spiro atoms. The minimum absolute atomic E-state index is 0.000702. The Balaban J connectivity index is 1.85. The molecule has 5 N–H and O–H groups in total. The molecule has 2 rings (SSSR count). The number of amides is 3. The fourth-order valence-electron chi connectivity index (χ4n) is 3.42. The van der Waals surface area contributed by atoms with E-state index in [9.17, 15) is 29.4 Å². The zero-order chi connectivity index (χ0) is 29.2. The van der Waals surface area contributed by atoms with Gasteiger partial charge in [-0.25, -0.2) is 15.4 Å². The molecule has 2 aromatic carbocycles. The van der Waals surface area contributed by atoms with Crippen LogP contribution in [-0.4, -0.2) is 51.2 Å². The normalized spacial score (nSPS) is 12.1. The van der Waals surface area contributed by atoms with Crippen LogP contribution in [0.1, 0.15) is 75.2 Å². The standard InChI is InChI=1S/C27H35N5O7/c1-17(24(35)29-15-9-5-6-12-23(34)32(28)26(38)39-27(2,3)4)20-16-18(13-14-22(20)33)30-31-21-11-8-7-10-19(21)25(36)37/h7-8,10-11,13-14,16-17,33H,5-6,9,12,15,28H2,1-4H3,(H,29,35)(H,36,37)/b31-30+. The summed E-state index contributed by atoms with van der Waals surface area (Å²) in [4.78, 5) is 47.9. The number of carbonyl (C=O) groups is 4. The molecule has 39 heavy (non-hydrogen) atoms. The Labute approximate surface area is 226 Å². The number of aromatic carboxylic acids is 1. The van der Waals surface area contributed by atoms with Crippen molar-refractivity contribution in [1.29, 1.82) is 0 Å². The van der Waals surface area contributed by atoms with Crippen molar-refractivity contribution in [2.75, 3.05) is 6.54 Å². The van der Waals surface area contributed by atoms with E-state index in [0.717, 1.165) is 0 Å². The molecule has 0 saturated heterocycles. The SMILES string of the molecule is CC(C(=O)NCCCCCC(=O)N(N)C(=O)OC(C)(C)C)c1cc(/N=N/c2ccccc2C(=O)O)ccc1O. The summed E-state index contributed by atoms with van der Waals surface area (Å²) in [6, 6.07) is 10.6. The zero-order valence-electron chi connectivity index (χ0n) is 22.5. The second-order valence-corrected chi connectivity index (χ2v) is 9.83. The highest BCUT2D eigenvalue weighted by Gasteiger charge is 2.24. The van der Waals surface area contributed by atoms with Gasteiger partial charge in [0.1, 0.15) is 17.0 Å². The van der Waals surface area contributed by atoms with Gasteiger partial charge >= 0.3 is 12.1 Å². The number of hydrazine groups is 1. The number of nitrogens with one attached hydrogen (secondary N) is 1. The Hall–Kier alpha value is -4.32. The van der Waals surface area contributed by atoms with E-state index in [1.807, 2.05) is 0 Å². The molecule has 0 aliphatic heterocycles. The number of ether oxygens (including phenoxy) is 1. The third-order valence-electron chi connectivity index (χ3n) is 5.50. The summed E-state index contributed by atoms with van der Waals surface area (Å²) in [6.07, 6.45) is 0.826. The largest absolute Gasteiger partial charge is 0.508 e. The first kappa shape index (κ1) is 30.9. The molecule has 1 unspecified atom stereocenters. The van der Waals surface area contributed by atoms with Crippen LogP contribution in [0.15, 0.2) is 52.7 Å². The number of aromatic hydroxyl groups is 1. The van der Waals surface area contributed by atoms with Gasteiger partial charge in [-0.3, -0.25) is 9.59 Å². The van der Waals surface area contributed by atoms with Crippen molar-refractivity contribution >= 4 is 35.3 Å². The van der Waals surface area contributed by atoms with E-state index >= 15 is 0 Å². The Morgan fingerprint density at radius 3 is 2.41 bits per heavy atom. The zero-order valence-corrected chi connectivity index (χ0v) is 22.5. The van der Waals surface area contributed by atoms with Gasteiger partial charge in [-0.1, -0.05) is 18.6 Å². The molecule has 0 radical (unpaired) electrons. The number of nitrogens with zero attached hydrogens (tertiary/aromatic N) is 3. The lowest BCUT2D eigenvalue weighted by Crippen LogP contribution is -2.45. The predicted octanol–water partition coefficient (Wildman–Crippen LogP) is 4.92.